The van der Waals surface area contributed by atoms with Gasteiger partial charge in [0, 0.05) is 5.56 Å². The van der Waals surface area contributed by atoms with Gasteiger partial charge >= 0.3 is 0 Å². The first-order chi connectivity index (χ1) is 9.60. The molecule has 0 fully saturated rings. The lowest BCUT2D eigenvalue weighted by molar-refractivity contribution is 0.189. The first-order valence-corrected chi connectivity index (χ1v) is 6.33. The highest BCUT2D eigenvalue weighted by Crippen LogP contribution is 2.27. The molecule has 2 aromatic rings. The Balaban J connectivity index is 2.14. The summed E-state index contributed by atoms with van der Waals surface area (Å²) < 4.78 is 24.0. The van der Waals surface area contributed by atoms with Crippen LogP contribution in [0.2, 0.25) is 0 Å². The van der Waals surface area contributed by atoms with Gasteiger partial charge in [0.05, 0.1) is 13.2 Å². The monoisotopic (exact) mass is 276 g/mol. The lowest BCUT2D eigenvalue weighted by Gasteiger charge is -2.14. The normalized spacial score (nSPS) is 12.0. The van der Waals surface area contributed by atoms with Crippen LogP contribution in [-0.4, -0.2) is 12.2 Å². The number of rotatable bonds is 5. The summed E-state index contributed by atoms with van der Waals surface area (Å²) in [6, 6.07) is 11.6. The molecule has 0 aliphatic heterocycles. The molecule has 0 heterocycles. The third-order valence-electron chi connectivity index (χ3n) is 2.95. The van der Waals surface area contributed by atoms with Crippen LogP contribution < -0.4 is 9.47 Å². The molecule has 2 rings (SSSR count). The third kappa shape index (κ3) is 3.48. The van der Waals surface area contributed by atoms with Crippen LogP contribution in [0.15, 0.2) is 42.5 Å². The molecule has 0 saturated heterocycles. The zero-order chi connectivity index (χ0) is 14.5. The lowest BCUT2D eigenvalue weighted by atomic mass is 10.1. The van der Waals surface area contributed by atoms with Crippen molar-refractivity contribution in [3.8, 4) is 11.5 Å². The van der Waals surface area contributed by atoms with Gasteiger partial charge in [-0.05, 0) is 42.8 Å². The van der Waals surface area contributed by atoms with Gasteiger partial charge in [-0.15, -0.1) is 0 Å². The molecule has 0 bridgehead atoms. The average molecular weight is 276 g/mol. The molecular weight excluding hydrogens is 259 g/mol. The summed E-state index contributed by atoms with van der Waals surface area (Å²) in [7, 11) is 1.60. The Morgan fingerprint density at radius 2 is 2.00 bits per heavy atom. The zero-order valence-electron chi connectivity index (χ0n) is 11.5. The highest BCUT2D eigenvalue weighted by Gasteiger charge is 2.10. The lowest BCUT2D eigenvalue weighted by Crippen LogP contribution is -2.01. The fraction of sp³-hybridized carbons (Fsp3) is 0.250. The molecule has 106 valence electrons. The van der Waals surface area contributed by atoms with E-state index in [-0.39, 0.29) is 0 Å². The van der Waals surface area contributed by atoms with Crippen LogP contribution in [0.1, 0.15) is 24.2 Å². The van der Waals surface area contributed by atoms with Gasteiger partial charge < -0.3 is 14.6 Å². The van der Waals surface area contributed by atoms with E-state index in [0.29, 0.717) is 17.9 Å². The molecule has 2 aromatic carbocycles. The van der Waals surface area contributed by atoms with Crippen molar-refractivity contribution in [1.29, 1.82) is 0 Å². The molecule has 1 atom stereocenters. The predicted octanol–water partition coefficient (Wildman–Crippen LogP) is 3.47. The maximum atomic E-state index is 13.2. The summed E-state index contributed by atoms with van der Waals surface area (Å²) in [6.45, 7) is 1.90. The molecule has 0 unspecified atom stereocenters. The van der Waals surface area contributed by atoms with E-state index in [1.165, 1.54) is 18.2 Å². The van der Waals surface area contributed by atoms with Crippen LogP contribution in [0.25, 0.3) is 0 Å². The molecule has 1 N–H and O–H groups in total. The Morgan fingerprint density at radius 3 is 2.70 bits per heavy atom. The topological polar surface area (TPSA) is 38.7 Å². The van der Waals surface area contributed by atoms with Crippen molar-refractivity contribution in [1.82, 2.24) is 0 Å². The van der Waals surface area contributed by atoms with Crippen LogP contribution in [0.4, 0.5) is 4.39 Å². The number of hydrogen-bond acceptors (Lipinski definition) is 3. The minimum Gasteiger partial charge on any atom is -0.497 e. The zero-order valence-corrected chi connectivity index (χ0v) is 11.5. The Kier molecular flexibility index (Phi) is 4.58. The summed E-state index contributed by atoms with van der Waals surface area (Å²) in [4.78, 5) is 0. The highest BCUT2D eigenvalue weighted by atomic mass is 19.1. The molecule has 0 aliphatic carbocycles. The quantitative estimate of drug-likeness (QED) is 0.908. The van der Waals surface area contributed by atoms with Crippen molar-refractivity contribution in [3.05, 3.63) is 59.4 Å². The van der Waals surface area contributed by atoms with Crippen molar-refractivity contribution in [2.45, 2.75) is 19.6 Å². The van der Waals surface area contributed by atoms with Crippen LogP contribution >= 0.6 is 0 Å². The Morgan fingerprint density at radius 1 is 1.20 bits per heavy atom. The minimum atomic E-state index is -0.786. The summed E-state index contributed by atoms with van der Waals surface area (Å²) in [5.41, 5.74) is 1.37. The van der Waals surface area contributed by atoms with E-state index in [0.717, 1.165) is 11.3 Å². The largest absolute Gasteiger partial charge is 0.497 e. The maximum Gasteiger partial charge on any atom is 0.125 e. The fourth-order valence-electron chi connectivity index (χ4n) is 1.90. The average Bonchev–Trinajstić information content (AvgIpc) is 2.46. The van der Waals surface area contributed by atoms with Crippen LogP contribution in [0.5, 0.6) is 11.5 Å². The summed E-state index contributed by atoms with van der Waals surface area (Å²) in [5.74, 6) is 0.833. The molecule has 0 radical (unpaired) electrons. The van der Waals surface area contributed by atoms with Gasteiger partial charge in [-0.3, -0.25) is 0 Å². The van der Waals surface area contributed by atoms with Gasteiger partial charge in [0.2, 0.25) is 0 Å². The molecule has 0 saturated carbocycles. The van der Waals surface area contributed by atoms with E-state index < -0.39 is 11.9 Å². The molecule has 0 amide bonds. The molecule has 0 spiro atoms. The van der Waals surface area contributed by atoms with E-state index in [2.05, 4.69) is 0 Å². The van der Waals surface area contributed by atoms with Gasteiger partial charge in [0.15, 0.2) is 0 Å². The van der Waals surface area contributed by atoms with Crippen molar-refractivity contribution < 1.29 is 19.0 Å². The smallest absolute Gasteiger partial charge is 0.125 e. The van der Waals surface area contributed by atoms with Gasteiger partial charge in [-0.1, -0.05) is 12.1 Å². The van der Waals surface area contributed by atoms with Crippen LogP contribution in [0.3, 0.4) is 0 Å². The number of methoxy groups -OCH3 is 1. The Hall–Kier alpha value is -2.07. The van der Waals surface area contributed by atoms with E-state index in [4.69, 9.17) is 9.47 Å². The standard InChI is InChI=1S/C16H17FO3/c1-11(18)15-9-13(17)6-7-16(15)20-10-12-4-3-5-14(8-12)19-2/h3-9,11,18H,10H2,1-2H3/t11-/m1/s1. The van der Waals surface area contributed by atoms with Crippen molar-refractivity contribution in [2.24, 2.45) is 0 Å². The summed E-state index contributed by atoms with van der Waals surface area (Å²) >= 11 is 0. The van der Waals surface area contributed by atoms with E-state index in [9.17, 15) is 9.50 Å². The number of aliphatic hydroxyl groups excluding tert-OH is 1. The first kappa shape index (κ1) is 14.3. The molecule has 0 aromatic heterocycles. The summed E-state index contributed by atoms with van der Waals surface area (Å²) in [6.07, 6.45) is -0.786. The van der Waals surface area contributed by atoms with Crippen LogP contribution in [-0.2, 0) is 6.61 Å². The van der Waals surface area contributed by atoms with Gasteiger partial charge in [-0.2, -0.15) is 0 Å². The minimum absolute atomic E-state index is 0.322. The molecule has 20 heavy (non-hydrogen) atoms. The second kappa shape index (κ2) is 6.39. The number of benzene rings is 2. The molecule has 4 heteroatoms. The number of ether oxygens (including phenoxy) is 2. The predicted molar refractivity (Wildman–Crippen MR) is 74.4 cm³/mol. The summed E-state index contributed by atoms with van der Waals surface area (Å²) in [5, 5.41) is 9.64. The Labute approximate surface area is 117 Å². The van der Waals surface area contributed by atoms with Gasteiger partial charge in [0.25, 0.3) is 0 Å². The highest BCUT2D eigenvalue weighted by molar-refractivity contribution is 5.36. The van der Waals surface area contributed by atoms with Gasteiger partial charge in [0.1, 0.15) is 23.9 Å². The van der Waals surface area contributed by atoms with E-state index in [1.807, 2.05) is 24.3 Å². The Bertz CT molecular complexity index is 582. The number of halogens is 1. The second-order valence-corrected chi connectivity index (χ2v) is 4.50. The van der Waals surface area contributed by atoms with E-state index >= 15 is 0 Å². The molecule has 3 nitrogen and oxygen atoms in total. The van der Waals surface area contributed by atoms with Gasteiger partial charge in [-0.25, -0.2) is 4.39 Å². The van der Waals surface area contributed by atoms with Crippen molar-refractivity contribution in [3.63, 3.8) is 0 Å². The third-order valence-corrected chi connectivity index (χ3v) is 2.95. The number of hydrogen-bond donors (Lipinski definition) is 1. The second-order valence-electron chi connectivity index (χ2n) is 4.50. The first-order valence-electron chi connectivity index (χ1n) is 6.33. The number of aliphatic hydroxyl groups is 1. The maximum absolute atomic E-state index is 13.2. The van der Waals surface area contributed by atoms with Crippen molar-refractivity contribution >= 4 is 0 Å². The van der Waals surface area contributed by atoms with Crippen LogP contribution in [0, 0.1) is 5.82 Å². The SMILES string of the molecule is COc1cccc(COc2ccc(F)cc2[C@@H](C)O)c1. The van der Waals surface area contributed by atoms with Crippen molar-refractivity contribution in [2.75, 3.05) is 7.11 Å². The molecule has 0 aliphatic rings. The molecular formula is C16H17FO3. The fourth-order valence-corrected chi connectivity index (χ4v) is 1.90. The van der Waals surface area contributed by atoms with E-state index in [1.54, 1.807) is 14.0 Å².